The number of ether oxygens (including phenoxy) is 1. The lowest BCUT2D eigenvalue weighted by atomic mass is 10.0. The van der Waals surface area contributed by atoms with E-state index in [0.29, 0.717) is 0 Å². The molecule has 1 saturated heterocycles. The van der Waals surface area contributed by atoms with Gasteiger partial charge in [0.15, 0.2) is 0 Å². The van der Waals surface area contributed by atoms with Crippen molar-refractivity contribution in [2.45, 2.75) is 32.2 Å². The molecule has 3 heteroatoms. The van der Waals surface area contributed by atoms with Gasteiger partial charge in [-0.15, -0.1) is 0 Å². The van der Waals surface area contributed by atoms with E-state index >= 15 is 0 Å². The zero-order chi connectivity index (χ0) is 9.73. The maximum Gasteiger partial charge on any atom is 0.0507 e. The first kappa shape index (κ1) is 11.0. The second-order valence-corrected chi connectivity index (χ2v) is 4.67. The Kier molecular flexibility index (Phi) is 4.16. The van der Waals surface area contributed by atoms with Gasteiger partial charge in [-0.2, -0.15) is 0 Å². The highest BCUT2D eigenvalue weighted by molar-refractivity contribution is 4.73. The molecular weight excluding hydrogens is 164 g/mol. The Labute approximate surface area is 81.0 Å². The molecule has 3 N–H and O–H groups in total. The summed E-state index contributed by atoms with van der Waals surface area (Å²) in [6.07, 6.45) is 2.24. The topological polar surface area (TPSA) is 47.3 Å². The Bertz CT molecular complexity index is 136. The SMILES string of the molecule is CC(C)(N)CCNCC1CCOC1. The van der Waals surface area contributed by atoms with Crippen molar-refractivity contribution in [3.63, 3.8) is 0 Å². The molecular formula is C10H22N2O. The van der Waals surface area contributed by atoms with E-state index in [4.69, 9.17) is 10.5 Å². The predicted molar refractivity (Wildman–Crippen MR) is 54.7 cm³/mol. The molecule has 1 aliphatic heterocycles. The monoisotopic (exact) mass is 186 g/mol. The van der Waals surface area contributed by atoms with Gasteiger partial charge in [0, 0.05) is 18.7 Å². The Balaban J connectivity index is 1.94. The maximum atomic E-state index is 5.87. The average Bonchev–Trinajstić information content (AvgIpc) is 2.48. The molecule has 0 radical (unpaired) electrons. The third-order valence-corrected chi connectivity index (χ3v) is 2.40. The largest absolute Gasteiger partial charge is 0.381 e. The fraction of sp³-hybridized carbons (Fsp3) is 1.00. The van der Waals surface area contributed by atoms with Crippen molar-refractivity contribution in [1.82, 2.24) is 5.32 Å². The standard InChI is InChI=1S/C10H22N2O/c1-10(2,11)4-5-12-7-9-3-6-13-8-9/h9,12H,3-8,11H2,1-2H3. The van der Waals surface area contributed by atoms with E-state index in [1.807, 2.05) is 0 Å². The first-order chi connectivity index (χ1) is 6.08. The minimum atomic E-state index is -0.0425. The predicted octanol–water partition coefficient (Wildman–Crippen LogP) is 0.740. The fourth-order valence-electron chi connectivity index (χ4n) is 1.46. The molecule has 1 atom stereocenters. The van der Waals surface area contributed by atoms with Crippen molar-refractivity contribution in [3.8, 4) is 0 Å². The molecule has 0 aromatic carbocycles. The normalized spacial score (nSPS) is 23.8. The number of nitrogens with two attached hydrogens (primary N) is 1. The number of rotatable bonds is 5. The summed E-state index contributed by atoms with van der Waals surface area (Å²) in [5.41, 5.74) is 5.82. The lowest BCUT2D eigenvalue weighted by Crippen LogP contribution is -2.36. The molecule has 1 rings (SSSR count). The molecule has 0 saturated carbocycles. The molecule has 1 fully saturated rings. The molecule has 13 heavy (non-hydrogen) atoms. The minimum Gasteiger partial charge on any atom is -0.381 e. The van der Waals surface area contributed by atoms with Gasteiger partial charge < -0.3 is 15.8 Å². The van der Waals surface area contributed by atoms with Crippen molar-refractivity contribution < 1.29 is 4.74 Å². The van der Waals surface area contributed by atoms with Crippen LogP contribution in [0.3, 0.4) is 0 Å². The van der Waals surface area contributed by atoms with Gasteiger partial charge in [0.05, 0.1) is 6.61 Å². The van der Waals surface area contributed by atoms with Crippen LogP contribution < -0.4 is 11.1 Å². The summed E-state index contributed by atoms with van der Waals surface area (Å²) in [5, 5.41) is 3.42. The van der Waals surface area contributed by atoms with Gasteiger partial charge >= 0.3 is 0 Å². The highest BCUT2D eigenvalue weighted by Gasteiger charge is 2.15. The second kappa shape index (κ2) is 4.94. The Morgan fingerprint density at radius 1 is 1.54 bits per heavy atom. The van der Waals surface area contributed by atoms with Crippen LogP contribution in [-0.4, -0.2) is 31.8 Å². The van der Waals surface area contributed by atoms with Gasteiger partial charge in [-0.3, -0.25) is 0 Å². The van der Waals surface area contributed by atoms with Crippen LogP contribution in [0.5, 0.6) is 0 Å². The first-order valence-corrected chi connectivity index (χ1v) is 5.15. The summed E-state index contributed by atoms with van der Waals surface area (Å²) >= 11 is 0. The van der Waals surface area contributed by atoms with Crippen LogP contribution in [-0.2, 0) is 4.74 Å². The molecule has 0 bridgehead atoms. The second-order valence-electron chi connectivity index (χ2n) is 4.67. The van der Waals surface area contributed by atoms with E-state index in [-0.39, 0.29) is 5.54 Å². The van der Waals surface area contributed by atoms with E-state index in [2.05, 4.69) is 19.2 Å². The number of hydrogen-bond donors (Lipinski definition) is 2. The van der Waals surface area contributed by atoms with Gasteiger partial charge in [-0.1, -0.05) is 0 Å². The van der Waals surface area contributed by atoms with Gasteiger partial charge in [0.25, 0.3) is 0 Å². The zero-order valence-electron chi connectivity index (χ0n) is 8.81. The van der Waals surface area contributed by atoms with Crippen molar-refractivity contribution in [2.24, 2.45) is 11.7 Å². The molecule has 0 amide bonds. The highest BCUT2D eigenvalue weighted by atomic mass is 16.5. The summed E-state index contributed by atoms with van der Waals surface area (Å²) in [5.74, 6) is 0.723. The summed E-state index contributed by atoms with van der Waals surface area (Å²) in [6, 6.07) is 0. The Morgan fingerprint density at radius 3 is 2.85 bits per heavy atom. The van der Waals surface area contributed by atoms with Crippen molar-refractivity contribution in [2.75, 3.05) is 26.3 Å². The molecule has 1 aliphatic rings. The van der Waals surface area contributed by atoms with Gasteiger partial charge in [-0.05, 0) is 39.2 Å². The van der Waals surface area contributed by atoms with E-state index in [9.17, 15) is 0 Å². The Hall–Kier alpha value is -0.120. The smallest absolute Gasteiger partial charge is 0.0507 e. The third-order valence-electron chi connectivity index (χ3n) is 2.40. The lowest BCUT2D eigenvalue weighted by molar-refractivity contribution is 0.185. The van der Waals surface area contributed by atoms with Crippen LogP contribution in [0.1, 0.15) is 26.7 Å². The molecule has 3 nitrogen and oxygen atoms in total. The van der Waals surface area contributed by atoms with Crippen molar-refractivity contribution >= 4 is 0 Å². The molecule has 0 aromatic heterocycles. The van der Waals surface area contributed by atoms with Crippen LogP contribution in [0.2, 0.25) is 0 Å². The average molecular weight is 186 g/mol. The summed E-state index contributed by atoms with van der Waals surface area (Å²) in [4.78, 5) is 0. The lowest BCUT2D eigenvalue weighted by Gasteiger charge is -2.19. The van der Waals surface area contributed by atoms with Crippen LogP contribution in [0, 0.1) is 5.92 Å². The van der Waals surface area contributed by atoms with Crippen LogP contribution in [0.4, 0.5) is 0 Å². The van der Waals surface area contributed by atoms with E-state index in [0.717, 1.165) is 38.6 Å². The maximum absolute atomic E-state index is 5.87. The molecule has 1 unspecified atom stereocenters. The van der Waals surface area contributed by atoms with Crippen molar-refractivity contribution in [1.29, 1.82) is 0 Å². The summed E-state index contributed by atoms with van der Waals surface area (Å²) < 4.78 is 5.29. The molecule has 0 aromatic rings. The number of hydrogen-bond acceptors (Lipinski definition) is 3. The van der Waals surface area contributed by atoms with E-state index in [1.165, 1.54) is 6.42 Å². The van der Waals surface area contributed by atoms with Crippen LogP contribution in [0.15, 0.2) is 0 Å². The van der Waals surface area contributed by atoms with Gasteiger partial charge in [-0.25, -0.2) is 0 Å². The highest BCUT2D eigenvalue weighted by Crippen LogP contribution is 2.10. The van der Waals surface area contributed by atoms with Crippen LogP contribution in [0.25, 0.3) is 0 Å². The van der Waals surface area contributed by atoms with E-state index < -0.39 is 0 Å². The van der Waals surface area contributed by atoms with Crippen LogP contribution >= 0.6 is 0 Å². The third kappa shape index (κ3) is 5.24. The molecule has 78 valence electrons. The summed E-state index contributed by atoms with van der Waals surface area (Å²) in [6.45, 7) is 8.09. The van der Waals surface area contributed by atoms with Gasteiger partial charge in [0.2, 0.25) is 0 Å². The minimum absolute atomic E-state index is 0.0425. The molecule has 0 spiro atoms. The van der Waals surface area contributed by atoms with Crippen molar-refractivity contribution in [3.05, 3.63) is 0 Å². The molecule has 0 aliphatic carbocycles. The molecule has 1 heterocycles. The quantitative estimate of drug-likeness (QED) is 0.623. The van der Waals surface area contributed by atoms with E-state index in [1.54, 1.807) is 0 Å². The first-order valence-electron chi connectivity index (χ1n) is 5.15. The zero-order valence-corrected chi connectivity index (χ0v) is 8.81. The Morgan fingerprint density at radius 2 is 2.31 bits per heavy atom. The fourth-order valence-corrected chi connectivity index (χ4v) is 1.46. The number of nitrogens with one attached hydrogen (secondary N) is 1. The van der Waals surface area contributed by atoms with Gasteiger partial charge in [0.1, 0.15) is 0 Å². The summed E-state index contributed by atoms with van der Waals surface area (Å²) in [7, 11) is 0.